The second-order valence-corrected chi connectivity index (χ2v) is 8.20. The number of rotatable bonds is 8. The summed E-state index contributed by atoms with van der Waals surface area (Å²) in [6, 6.07) is 4.60. The van der Waals surface area contributed by atoms with Crippen molar-refractivity contribution in [3.8, 4) is 5.75 Å². The topological polar surface area (TPSA) is 114 Å². The summed E-state index contributed by atoms with van der Waals surface area (Å²) in [7, 11) is 3.78. The Labute approximate surface area is 192 Å². The maximum Gasteiger partial charge on any atom is 0.344 e. The van der Waals surface area contributed by atoms with Gasteiger partial charge in [0.15, 0.2) is 6.61 Å². The van der Waals surface area contributed by atoms with Crippen LogP contribution in [0.25, 0.3) is 0 Å². The molecule has 0 unspecified atom stereocenters. The van der Waals surface area contributed by atoms with Gasteiger partial charge in [0.25, 0.3) is 0 Å². The summed E-state index contributed by atoms with van der Waals surface area (Å²) < 4.78 is 25.6. The summed E-state index contributed by atoms with van der Waals surface area (Å²) in [6.45, 7) is 6.31. The van der Waals surface area contributed by atoms with E-state index in [0.717, 1.165) is 0 Å². The van der Waals surface area contributed by atoms with Crippen LogP contribution >= 0.6 is 0 Å². The van der Waals surface area contributed by atoms with E-state index >= 15 is 0 Å². The summed E-state index contributed by atoms with van der Waals surface area (Å²) in [5, 5.41) is 0. The number of hydrogen-bond donors (Lipinski definition) is 0. The molecule has 0 aromatic heterocycles. The van der Waals surface area contributed by atoms with Gasteiger partial charge in [0, 0.05) is 17.6 Å². The van der Waals surface area contributed by atoms with Crippen molar-refractivity contribution in [2.45, 2.75) is 39.7 Å². The van der Waals surface area contributed by atoms with E-state index in [1.165, 1.54) is 40.4 Å². The zero-order valence-electron chi connectivity index (χ0n) is 19.8. The van der Waals surface area contributed by atoms with Crippen molar-refractivity contribution in [3.63, 3.8) is 0 Å². The second-order valence-electron chi connectivity index (χ2n) is 8.20. The quantitative estimate of drug-likeness (QED) is 0.427. The van der Waals surface area contributed by atoms with E-state index in [1.807, 2.05) is 0 Å². The van der Waals surface area contributed by atoms with Gasteiger partial charge >= 0.3 is 11.9 Å². The van der Waals surface area contributed by atoms with Gasteiger partial charge in [0.05, 0.1) is 21.3 Å². The third kappa shape index (κ3) is 6.00. The summed E-state index contributed by atoms with van der Waals surface area (Å²) in [5.74, 6) is -2.41. The molecule has 9 nitrogen and oxygen atoms in total. The fourth-order valence-electron chi connectivity index (χ4n) is 3.20. The van der Waals surface area contributed by atoms with E-state index in [0.29, 0.717) is 5.56 Å². The molecule has 0 radical (unpaired) electrons. The monoisotopic (exact) mass is 460 g/mol. The molecule has 178 valence electrons. The molecule has 33 heavy (non-hydrogen) atoms. The predicted molar refractivity (Wildman–Crippen MR) is 117 cm³/mol. The maximum atomic E-state index is 12.9. The van der Waals surface area contributed by atoms with Crippen LogP contribution in [0.15, 0.2) is 40.9 Å². The SMILES string of the molecule is COC(=O)c1cc(CC2=C(C)C(=O)C(OC)=C(OC)C2=O)ccc1OCC(=O)OC(C)(C)C. The van der Waals surface area contributed by atoms with Crippen LogP contribution in [0.3, 0.4) is 0 Å². The fourth-order valence-corrected chi connectivity index (χ4v) is 3.20. The minimum Gasteiger partial charge on any atom is -0.489 e. The molecule has 1 aliphatic rings. The van der Waals surface area contributed by atoms with Gasteiger partial charge < -0.3 is 23.7 Å². The molecular weight excluding hydrogens is 432 g/mol. The summed E-state index contributed by atoms with van der Waals surface area (Å²) in [5.41, 5.74) is 0.375. The van der Waals surface area contributed by atoms with Crippen molar-refractivity contribution >= 4 is 23.5 Å². The molecule has 0 heterocycles. The van der Waals surface area contributed by atoms with Gasteiger partial charge in [-0.25, -0.2) is 9.59 Å². The zero-order chi connectivity index (χ0) is 24.9. The van der Waals surface area contributed by atoms with Crippen molar-refractivity contribution in [2.75, 3.05) is 27.9 Å². The molecule has 1 aromatic rings. The lowest BCUT2D eigenvalue weighted by atomic mass is 9.88. The first-order valence-electron chi connectivity index (χ1n) is 10.1. The van der Waals surface area contributed by atoms with Gasteiger partial charge in [-0.3, -0.25) is 9.59 Å². The number of ether oxygens (including phenoxy) is 5. The average molecular weight is 460 g/mol. The molecule has 0 bridgehead atoms. The lowest BCUT2D eigenvalue weighted by Gasteiger charge is -2.21. The van der Waals surface area contributed by atoms with Crippen LogP contribution in [0.1, 0.15) is 43.6 Å². The third-order valence-electron chi connectivity index (χ3n) is 4.69. The van der Waals surface area contributed by atoms with Crippen molar-refractivity contribution < 1.29 is 42.9 Å². The Balaban J connectivity index is 2.33. The van der Waals surface area contributed by atoms with Crippen molar-refractivity contribution in [1.29, 1.82) is 0 Å². The lowest BCUT2D eigenvalue weighted by Crippen LogP contribution is -2.27. The number of methoxy groups -OCH3 is 3. The second kappa shape index (κ2) is 10.3. The van der Waals surface area contributed by atoms with E-state index in [2.05, 4.69) is 0 Å². The molecule has 1 aromatic carbocycles. The number of hydrogen-bond acceptors (Lipinski definition) is 9. The highest BCUT2D eigenvalue weighted by Gasteiger charge is 2.34. The number of Topliss-reactive ketones (excluding diaryl/α,β-unsaturated/α-hetero) is 2. The number of benzene rings is 1. The average Bonchev–Trinajstić information content (AvgIpc) is 2.76. The molecule has 1 aliphatic carbocycles. The maximum absolute atomic E-state index is 12.9. The van der Waals surface area contributed by atoms with Gasteiger partial charge in [-0.2, -0.15) is 0 Å². The molecule has 0 N–H and O–H groups in total. The third-order valence-corrected chi connectivity index (χ3v) is 4.69. The minimum atomic E-state index is -0.688. The van der Waals surface area contributed by atoms with Gasteiger partial charge in [-0.1, -0.05) is 6.07 Å². The Hall–Kier alpha value is -3.62. The largest absolute Gasteiger partial charge is 0.489 e. The van der Waals surface area contributed by atoms with Crippen LogP contribution in [0.2, 0.25) is 0 Å². The molecule has 0 fully saturated rings. The lowest BCUT2D eigenvalue weighted by molar-refractivity contribution is -0.157. The standard InChI is InChI=1S/C24H28O9/c1-13-15(20(27)22(30-6)21(29-5)19(13)26)10-14-8-9-17(16(11-14)23(28)31-7)32-12-18(25)33-24(2,3)4/h8-9,11H,10,12H2,1-7H3. The predicted octanol–water partition coefficient (Wildman–Crippen LogP) is 2.71. The molecule has 0 aliphatic heterocycles. The van der Waals surface area contributed by atoms with Crippen LogP contribution in [-0.4, -0.2) is 57.0 Å². The van der Waals surface area contributed by atoms with Gasteiger partial charge in [0.1, 0.15) is 16.9 Å². The molecule has 0 atom stereocenters. The highest BCUT2D eigenvalue weighted by atomic mass is 16.6. The van der Waals surface area contributed by atoms with Crippen LogP contribution in [0, 0.1) is 0 Å². The zero-order valence-corrected chi connectivity index (χ0v) is 19.8. The molecule has 0 saturated carbocycles. The van der Waals surface area contributed by atoms with Crippen LogP contribution in [-0.2, 0) is 39.8 Å². The number of carbonyl (C=O) groups excluding carboxylic acids is 4. The number of carbonyl (C=O) groups is 4. The van der Waals surface area contributed by atoms with E-state index in [-0.39, 0.29) is 40.4 Å². The van der Waals surface area contributed by atoms with Crippen molar-refractivity contribution in [2.24, 2.45) is 0 Å². The molecule has 0 saturated heterocycles. The minimum absolute atomic E-state index is 0.0522. The molecule has 0 spiro atoms. The van der Waals surface area contributed by atoms with E-state index in [9.17, 15) is 19.2 Å². The Kier molecular flexibility index (Phi) is 8.03. The normalized spacial score (nSPS) is 14.3. The van der Waals surface area contributed by atoms with E-state index < -0.39 is 35.7 Å². The Morgan fingerprint density at radius 2 is 1.55 bits per heavy atom. The van der Waals surface area contributed by atoms with Crippen molar-refractivity contribution in [3.05, 3.63) is 52.0 Å². The van der Waals surface area contributed by atoms with Crippen LogP contribution in [0.5, 0.6) is 5.75 Å². The van der Waals surface area contributed by atoms with Gasteiger partial charge in [-0.15, -0.1) is 0 Å². The molecule has 9 heteroatoms. The molecule has 2 rings (SSSR count). The van der Waals surface area contributed by atoms with Gasteiger partial charge in [-0.05, 0) is 45.4 Å². The molecular formula is C24H28O9. The van der Waals surface area contributed by atoms with Gasteiger partial charge in [0.2, 0.25) is 23.1 Å². The first kappa shape index (κ1) is 25.6. The highest BCUT2D eigenvalue weighted by molar-refractivity contribution is 6.23. The first-order chi connectivity index (χ1) is 15.4. The first-order valence-corrected chi connectivity index (χ1v) is 10.1. The van der Waals surface area contributed by atoms with Crippen LogP contribution in [0.4, 0.5) is 0 Å². The summed E-state index contributed by atoms with van der Waals surface area (Å²) >= 11 is 0. The Morgan fingerprint density at radius 1 is 0.939 bits per heavy atom. The Bertz CT molecular complexity index is 1040. The number of esters is 2. The number of allylic oxidation sites excluding steroid dienone is 2. The van der Waals surface area contributed by atoms with E-state index in [4.69, 9.17) is 23.7 Å². The summed E-state index contributed by atoms with van der Waals surface area (Å²) in [4.78, 5) is 49.7. The Morgan fingerprint density at radius 3 is 2.09 bits per heavy atom. The smallest absolute Gasteiger partial charge is 0.344 e. The van der Waals surface area contributed by atoms with E-state index in [1.54, 1.807) is 26.8 Å². The molecule has 0 amide bonds. The summed E-state index contributed by atoms with van der Waals surface area (Å²) in [6.07, 6.45) is 0.0522. The number of ketones is 2. The fraction of sp³-hybridized carbons (Fsp3) is 0.417. The van der Waals surface area contributed by atoms with Crippen molar-refractivity contribution in [1.82, 2.24) is 0 Å². The van der Waals surface area contributed by atoms with Crippen LogP contribution < -0.4 is 4.74 Å². The highest BCUT2D eigenvalue weighted by Crippen LogP contribution is 2.29.